The summed E-state index contributed by atoms with van der Waals surface area (Å²) in [5.41, 5.74) is 0.418. The normalized spacial score (nSPS) is 20.3. The third-order valence-corrected chi connectivity index (χ3v) is 2.87. The van der Waals surface area contributed by atoms with Crippen LogP contribution in [0.15, 0.2) is 12.2 Å². The molecule has 1 fully saturated rings. The first-order valence-electron chi connectivity index (χ1n) is 5.14. The van der Waals surface area contributed by atoms with Gasteiger partial charge in [-0.05, 0) is 18.8 Å². The van der Waals surface area contributed by atoms with E-state index in [1.807, 2.05) is 0 Å². The number of hydrogen-bond acceptors (Lipinski definition) is 1. The fourth-order valence-electron chi connectivity index (χ4n) is 1.98. The molecule has 0 aliphatic heterocycles. The van der Waals surface area contributed by atoms with Crippen LogP contribution < -0.4 is 0 Å². The average molecular weight is 182 g/mol. The van der Waals surface area contributed by atoms with Crippen molar-refractivity contribution in [2.24, 2.45) is 5.92 Å². The molecule has 2 nitrogen and oxygen atoms in total. The molecule has 0 aromatic carbocycles. The van der Waals surface area contributed by atoms with Gasteiger partial charge < -0.3 is 5.11 Å². The van der Waals surface area contributed by atoms with Crippen molar-refractivity contribution in [2.75, 3.05) is 0 Å². The minimum Gasteiger partial charge on any atom is -0.478 e. The number of rotatable bonds is 2. The Kier molecular flexibility index (Phi) is 4.00. The highest BCUT2D eigenvalue weighted by Crippen LogP contribution is 2.27. The summed E-state index contributed by atoms with van der Waals surface area (Å²) in [6, 6.07) is 0. The third-order valence-electron chi connectivity index (χ3n) is 2.87. The Morgan fingerprint density at radius 1 is 1.08 bits per heavy atom. The summed E-state index contributed by atoms with van der Waals surface area (Å²) >= 11 is 0. The standard InChI is InChI=1S/C11H18O2/c1-9(11(12)13)10-7-5-3-2-4-6-8-10/h10H,1-8H2,(H,12,13). The van der Waals surface area contributed by atoms with Crippen LogP contribution in [0.2, 0.25) is 0 Å². The monoisotopic (exact) mass is 182 g/mol. The van der Waals surface area contributed by atoms with E-state index in [0.717, 1.165) is 25.7 Å². The van der Waals surface area contributed by atoms with E-state index < -0.39 is 5.97 Å². The van der Waals surface area contributed by atoms with Gasteiger partial charge in [-0.1, -0.05) is 38.7 Å². The second-order valence-electron chi connectivity index (χ2n) is 3.87. The summed E-state index contributed by atoms with van der Waals surface area (Å²) < 4.78 is 0. The first kappa shape index (κ1) is 10.3. The molecule has 0 spiro atoms. The molecule has 1 aliphatic carbocycles. The zero-order valence-corrected chi connectivity index (χ0v) is 8.09. The van der Waals surface area contributed by atoms with Gasteiger partial charge in [-0.2, -0.15) is 0 Å². The van der Waals surface area contributed by atoms with Crippen LogP contribution in [0.5, 0.6) is 0 Å². The molecule has 13 heavy (non-hydrogen) atoms. The molecule has 0 aromatic rings. The lowest BCUT2D eigenvalue weighted by Crippen LogP contribution is -2.13. The van der Waals surface area contributed by atoms with Crippen LogP contribution >= 0.6 is 0 Å². The molecule has 2 heteroatoms. The van der Waals surface area contributed by atoms with Crippen molar-refractivity contribution in [2.45, 2.75) is 44.9 Å². The number of carbonyl (C=O) groups is 1. The molecular formula is C11H18O2. The number of hydrogen-bond donors (Lipinski definition) is 1. The summed E-state index contributed by atoms with van der Waals surface area (Å²) in [5, 5.41) is 8.80. The predicted octanol–water partition coefficient (Wildman–Crippen LogP) is 2.99. The molecule has 0 bridgehead atoms. The smallest absolute Gasteiger partial charge is 0.331 e. The highest BCUT2D eigenvalue weighted by Gasteiger charge is 2.18. The predicted molar refractivity (Wildman–Crippen MR) is 52.6 cm³/mol. The highest BCUT2D eigenvalue weighted by molar-refractivity contribution is 5.86. The number of carboxylic acid groups (broad SMARTS) is 1. The van der Waals surface area contributed by atoms with Crippen LogP contribution in [0.25, 0.3) is 0 Å². The summed E-state index contributed by atoms with van der Waals surface area (Å²) in [7, 11) is 0. The van der Waals surface area contributed by atoms with Gasteiger partial charge in [-0.25, -0.2) is 4.79 Å². The molecular weight excluding hydrogens is 164 g/mol. The van der Waals surface area contributed by atoms with Gasteiger partial charge in [0, 0.05) is 5.57 Å². The maximum atomic E-state index is 10.7. The molecule has 74 valence electrons. The molecule has 0 amide bonds. The first-order chi connectivity index (χ1) is 6.22. The van der Waals surface area contributed by atoms with E-state index in [1.165, 1.54) is 19.3 Å². The zero-order chi connectivity index (χ0) is 9.68. The molecule has 0 heterocycles. The van der Waals surface area contributed by atoms with Gasteiger partial charge in [-0.3, -0.25) is 0 Å². The lowest BCUT2D eigenvalue weighted by Gasteiger charge is -2.19. The summed E-state index contributed by atoms with van der Waals surface area (Å²) in [6.45, 7) is 3.65. The number of carboxylic acids is 1. The van der Waals surface area contributed by atoms with Gasteiger partial charge in [0.1, 0.15) is 0 Å². The van der Waals surface area contributed by atoms with E-state index in [4.69, 9.17) is 5.11 Å². The summed E-state index contributed by atoms with van der Waals surface area (Å²) in [4.78, 5) is 10.7. The summed E-state index contributed by atoms with van der Waals surface area (Å²) in [6.07, 6.45) is 8.18. The van der Waals surface area contributed by atoms with Gasteiger partial charge in [-0.15, -0.1) is 0 Å². The van der Waals surface area contributed by atoms with Crippen LogP contribution in [0.1, 0.15) is 44.9 Å². The zero-order valence-electron chi connectivity index (χ0n) is 8.09. The Labute approximate surface area is 79.6 Å². The average Bonchev–Trinajstić information content (AvgIpc) is 2.02. The molecule has 1 N–H and O–H groups in total. The molecule has 1 aliphatic rings. The van der Waals surface area contributed by atoms with Gasteiger partial charge in [0.05, 0.1) is 0 Å². The fourth-order valence-corrected chi connectivity index (χ4v) is 1.98. The second kappa shape index (κ2) is 5.05. The topological polar surface area (TPSA) is 37.3 Å². The van der Waals surface area contributed by atoms with Crippen LogP contribution in [0.3, 0.4) is 0 Å². The maximum Gasteiger partial charge on any atom is 0.331 e. The van der Waals surface area contributed by atoms with E-state index >= 15 is 0 Å². The number of aliphatic carboxylic acids is 1. The van der Waals surface area contributed by atoms with Gasteiger partial charge in [0.2, 0.25) is 0 Å². The summed E-state index contributed by atoms with van der Waals surface area (Å²) in [5.74, 6) is -0.580. The van der Waals surface area contributed by atoms with Gasteiger partial charge >= 0.3 is 5.97 Å². The highest BCUT2D eigenvalue weighted by atomic mass is 16.4. The van der Waals surface area contributed by atoms with Crippen molar-refractivity contribution in [3.63, 3.8) is 0 Å². The molecule has 0 atom stereocenters. The molecule has 0 aromatic heterocycles. The van der Waals surface area contributed by atoms with Crippen molar-refractivity contribution < 1.29 is 9.90 Å². The minimum atomic E-state index is -0.814. The van der Waals surface area contributed by atoms with E-state index in [1.54, 1.807) is 0 Å². The van der Waals surface area contributed by atoms with E-state index in [9.17, 15) is 4.79 Å². The van der Waals surface area contributed by atoms with E-state index in [2.05, 4.69) is 6.58 Å². The molecule has 0 radical (unpaired) electrons. The lowest BCUT2D eigenvalue weighted by molar-refractivity contribution is -0.133. The molecule has 1 rings (SSSR count). The van der Waals surface area contributed by atoms with Crippen molar-refractivity contribution in [1.82, 2.24) is 0 Å². The Balaban J connectivity index is 2.45. The SMILES string of the molecule is C=C(C(=O)O)C1CCCCCCC1. The van der Waals surface area contributed by atoms with Crippen LogP contribution in [0.4, 0.5) is 0 Å². The maximum absolute atomic E-state index is 10.7. The van der Waals surface area contributed by atoms with Crippen molar-refractivity contribution in [3.8, 4) is 0 Å². The lowest BCUT2D eigenvalue weighted by atomic mass is 9.86. The van der Waals surface area contributed by atoms with Gasteiger partial charge in [0.15, 0.2) is 0 Å². The van der Waals surface area contributed by atoms with E-state index in [0.29, 0.717) is 5.57 Å². The Bertz CT molecular complexity index is 188. The molecule has 1 saturated carbocycles. The minimum absolute atomic E-state index is 0.234. The fraction of sp³-hybridized carbons (Fsp3) is 0.727. The third kappa shape index (κ3) is 3.21. The first-order valence-corrected chi connectivity index (χ1v) is 5.14. The quantitative estimate of drug-likeness (QED) is 0.666. The van der Waals surface area contributed by atoms with E-state index in [-0.39, 0.29) is 5.92 Å². The molecule has 0 saturated heterocycles. The molecule has 0 unspecified atom stereocenters. The Hall–Kier alpha value is -0.790. The van der Waals surface area contributed by atoms with Crippen LogP contribution in [0, 0.1) is 5.92 Å². The largest absolute Gasteiger partial charge is 0.478 e. The van der Waals surface area contributed by atoms with Crippen molar-refractivity contribution in [3.05, 3.63) is 12.2 Å². The van der Waals surface area contributed by atoms with Crippen LogP contribution in [-0.4, -0.2) is 11.1 Å². The Morgan fingerprint density at radius 2 is 1.54 bits per heavy atom. The van der Waals surface area contributed by atoms with Crippen LogP contribution in [-0.2, 0) is 4.79 Å². The second-order valence-corrected chi connectivity index (χ2v) is 3.87. The van der Waals surface area contributed by atoms with Crippen molar-refractivity contribution >= 4 is 5.97 Å². The Morgan fingerprint density at radius 3 is 2.00 bits per heavy atom. The van der Waals surface area contributed by atoms with Crippen molar-refractivity contribution in [1.29, 1.82) is 0 Å². The van der Waals surface area contributed by atoms with Gasteiger partial charge in [0.25, 0.3) is 0 Å².